The van der Waals surface area contributed by atoms with Gasteiger partial charge in [0.2, 0.25) is 0 Å². The molecule has 0 atom stereocenters. The maximum absolute atomic E-state index is 12.2. The van der Waals surface area contributed by atoms with Gasteiger partial charge in [0.25, 0.3) is 5.91 Å². The van der Waals surface area contributed by atoms with Crippen LogP contribution in [0.3, 0.4) is 0 Å². The largest absolute Gasteiger partial charge is 0.383 e. The SMILES string of the molecule is CC(C)Nc1ccn2cc(C(=O)Nc3ccccc3)nc2c1. The number of pyridine rings is 1. The molecule has 0 saturated heterocycles. The number of benzene rings is 1. The minimum atomic E-state index is -0.215. The lowest BCUT2D eigenvalue weighted by molar-refractivity contribution is 0.102. The molecular weight excluding hydrogens is 276 g/mol. The Balaban J connectivity index is 1.83. The number of rotatable bonds is 4. The second kappa shape index (κ2) is 5.89. The predicted octanol–water partition coefficient (Wildman–Crippen LogP) is 3.41. The number of fused-ring (bicyclic) bond motifs is 1. The average molecular weight is 294 g/mol. The van der Waals surface area contributed by atoms with E-state index in [2.05, 4.69) is 29.5 Å². The number of nitrogens with zero attached hydrogens (tertiary/aromatic N) is 2. The van der Waals surface area contributed by atoms with Gasteiger partial charge in [-0.05, 0) is 32.0 Å². The summed E-state index contributed by atoms with van der Waals surface area (Å²) in [7, 11) is 0. The van der Waals surface area contributed by atoms with Crippen LogP contribution in [0.25, 0.3) is 5.65 Å². The number of carbonyl (C=O) groups excluding carboxylic acids is 1. The first kappa shape index (κ1) is 14.1. The van der Waals surface area contributed by atoms with Crippen molar-refractivity contribution in [1.29, 1.82) is 0 Å². The Morgan fingerprint density at radius 1 is 1.14 bits per heavy atom. The molecule has 3 aromatic rings. The van der Waals surface area contributed by atoms with Gasteiger partial charge in [-0.1, -0.05) is 18.2 Å². The normalized spacial score (nSPS) is 10.9. The molecule has 3 rings (SSSR count). The molecule has 0 radical (unpaired) electrons. The molecule has 0 aliphatic carbocycles. The Bertz CT molecular complexity index is 793. The summed E-state index contributed by atoms with van der Waals surface area (Å²) in [6.07, 6.45) is 3.62. The van der Waals surface area contributed by atoms with Gasteiger partial charge in [-0.15, -0.1) is 0 Å². The fourth-order valence-electron chi connectivity index (χ4n) is 2.23. The molecule has 5 nitrogen and oxygen atoms in total. The fourth-order valence-corrected chi connectivity index (χ4v) is 2.23. The molecule has 2 aromatic heterocycles. The van der Waals surface area contributed by atoms with Crippen molar-refractivity contribution in [2.24, 2.45) is 0 Å². The van der Waals surface area contributed by atoms with Gasteiger partial charge in [0.15, 0.2) is 0 Å². The first-order valence-corrected chi connectivity index (χ1v) is 7.23. The molecule has 1 aromatic carbocycles. The Kier molecular flexibility index (Phi) is 3.78. The van der Waals surface area contributed by atoms with Crippen LogP contribution in [0.5, 0.6) is 0 Å². The van der Waals surface area contributed by atoms with Crippen molar-refractivity contribution in [1.82, 2.24) is 9.38 Å². The molecule has 112 valence electrons. The Morgan fingerprint density at radius 2 is 1.91 bits per heavy atom. The highest BCUT2D eigenvalue weighted by Gasteiger charge is 2.11. The number of imidazole rings is 1. The standard InChI is InChI=1S/C17H18N4O/c1-12(2)18-14-8-9-21-11-15(20-16(21)10-14)17(22)19-13-6-4-3-5-7-13/h3-12,18H,1-2H3,(H,19,22). The molecule has 0 aliphatic heterocycles. The van der Waals surface area contributed by atoms with Gasteiger partial charge in [-0.25, -0.2) is 4.98 Å². The number of nitrogens with one attached hydrogen (secondary N) is 2. The number of amides is 1. The van der Waals surface area contributed by atoms with E-state index in [0.29, 0.717) is 11.7 Å². The second-order valence-electron chi connectivity index (χ2n) is 5.43. The van der Waals surface area contributed by atoms with Gasteiger partial charge in [-0.3, -0.25) is 4.79 Å². The molecule has 0 bridgehead atoms. The zero-order valence-corrected chi connectivity index (χ0v) is 12.6. The van der Waals surface area contributed by atoms with E-state index in [1.807, 2.05) is 53.1 Å². The topological polar surface area (TPSA) is 58.4 Å². The van der Waals surface area contributed by atoms with Crippen LogP contribution in [0.4, 0.5) is 11.4 Å². The first-order valence-electron chi connectivity index (χ1n) is 7.23. The molecule has 0 saturated carbocycles. The Labute approximate surface area is 129 Å². The van der Waals surface area contributed by atoms with Gasteiger partial charge in [0.1, 0.15) is 11.3 Å². The van der Waals surface area contributed by atoms with Crippen LogP contribution in [0.2, 0.25) is 0 Å². The average Bonchev–Trinajstić information content (AvgIpc) is 2.91. The predicted molar refractivity (Wildman–Crippen MR) is 88.3 cm³/mol. The van der Waals surface area contributed by atoms with Gasteiger partial charge in [0.05, 0.1) is 0 Å². The van der Waals surface area contributed by atoms with Gasteiger partial charge in [-0.2, -0.15) is 0 Å². The highest BCUT2D eigenvalue weighted by atomic mass is 16.1. The summed E-state index contributed by atoms with van der Waals surface area (Å²) in [6.45, 7) is 4.16. The highest BCUT2D eigenvalue weighted by molar-refractivity contribution is 6.03. The zero-order chi connectivity index (χ0) is 15.5. The maximum Gasteiger partial charge on any atom is 0.275 e. The lowest BCUT2D eigenvalue weighted by atomic mass is 10.3. The summed E-state index contributed by atoms with van der Waals surface area (Å²) in [5.41, 5.74) is 2.88. The van der Waals surface area contributed by atoms with Gasteiger partial charge < -0.3 is 15.0 Å². The molecule has 5 heteroatoms. The second-order valence-corrected chi connectivity index (χ2v) is 5.43. The number of hydrogen-bond acceptors (Lipinski definition) is 3. The molecule has 0 unspecified atom stereocenters. The van der Waals surface area contributed by atoms with Gasteiger partial charge in [0, 0.05) is 35.9 Å². The first-order chi connectivity index (χ1) is 10.6. The monoisotopic (exact) mass is 294 g/mol. The van der Waals surface area contributed by atoms with Crippen molar-refractivity contribution >= 4 is 22.9 Å². The smallest absolute Gasteiger partial charge is 0.275 e. The Morgan fingerprint density at radius 3 is 2.64 bits per heavy atom. The quantitative estimate of drug-likeness (QED) is 0.775. The van der Waals surface area contributed by atoms with E-state index in [-0.39, 0.29) is 5.91 Å². The third-order valence-electron chi connectivity index (χ3n) is 3.18. The molecule has 2 N–H and O–H groups in total. The molecule has 2 heterocycles. The number of hydrogen-bond donors (Lipinski definition) is 2. The number of carbonyl (C=O) groups is 1. The van der Waals surface area contributed by atoms with Crippen molar-refractivity contribution < 1.29 is 4.79 Å². The number of aromatic nitrogens is 2. The van der Waals surface area contributed by atoms with Crippen molar-refractivity contribution in [2.75, 3.05) is 10.6 Å². The van der Waals surface area contributed by atoms with E-state index in [4.69, 9.17) is 0 Å². The molecule has 0 spiro atoms. The minimum absolute atomic E-state index is 0.215. The van der Waals surface area contributed by atoms with E-state index in [1.165, 1.54) is 0 Å². The molecule has 22 heavy (non-hydrogen) atoms. The summed E-state index contributed by atoms with van der Waals surface area (Å²) < 4.78 is 1.84. The maximum atomic E-state index is 12.2. The molecular formula is C17H18N4O. The van der Waals surface area contributed by atoms with Crippen LogP contribution in [0.15, 0.2) is 54.9 Å². The fraction of sp³-hybridized carbons (Fsp3) is 0.176. The van der Waals surface area contributed by atoms with Crippen LogP contribution >= 0.6 is 0 Å². The number of para-hydroxylation sites is 1. The van der Waals surface area contributed by atoms with E-state index in [0.717, 1.165) is 17.0 Å². The third-order valence-corrected chi connectivity index (χ3v) is 3.18. The van der Waals surface area contributed by atoms with Crippen LogP contribution in [-0.2, 0) is 0 Å². The summed E-state index contributed by atoms with van der Waals surface area (Å²) >= 11 is 0. The highest BCUT2D eigenvalue weighted by Crippen LogP contribution is 2.14. The van der Waals surface area contributed by atoms with Crippen molar-refractivity contribution in [3.8, 4) is 0 Å². The summed E-state index contributed by atoms with van der Waals surface area (Å²) in [4.78, 5) is 16.6. The van der Waals surface area contributed by atoms with Crippen molar-refractivity contribution in [2.45, 2.75) is 19.9 Å². The molecule has 0 aliphatic rings. The van der Waals surface area contributed by atoms with Crippen LogP contribution in [-0.4, -0.2) is 21.3 Å². The van der Waals surface area contributed by atoms with Crippen LogP contribution < -0.4 is 10.6 Å². The summed E-state index contributed by atoms with van der Waals surface area (Å²) in [5.74, 6) is -0.215. The molecule has 0 fully saturated rings. The lowest BCUT2D eigenvalue weighted by Gasteiger charge is -2.09. The van der Waals surface area contributed by atoms with Crippen molar-refractivity contribution in [3.05, 3.63) is 60.6 Å². The molecule has 1 amide bonds. The van der Waals surface area contributed by atoms with E-state index in [1.54, 1.807) is 6.20 Å². The van der Waals surface area contributed by atoms with Crippen LogP contribution in [0.1, 0.15) is 24.3 Å². The Hall–Kier alpha value is -2.82. The van der Waals surface area contributed by atoms with Crippen LogP contribution in [0, 0.1) is 0 Å². The van der Waals surface area contributed by atoms with E-state index < -0.39 is 0 Å². The third kappa shape index (κ3) is 3.09. The lowest BCUT2D eigenvalue weighted by Crippen LogP contribution is -2.12. The summed E-state index contributed by atoms with van der Waals surface area (Å²) in [5, 5.41) is 6.16. The van der Waals surface area contributed by atoms with E-state index in [9.17, 15) is 4.79 Å². The van der Waals surface area contributed by atoms with Gasteiger partial charge >= 0.3 is 0 Å². The zero-order valence-electron chi connectivity index (χ0n) is 12.6. The minimum Gasteiger partial charge on any atom is -0.383 e. The van der Waals surface area contributed by atoms with E-state index >= 15 is 0 Å². The number of anilines is 2. The van der Waals surface area contributed by atoms with Crippen molar-refractivity contribution in [3.63, 3.8) is 0 Å². The summed E-state index contributed by atoms with van der Waals surface area (Å²) in [6, 6.07) is 13.6.